The lowest BCUT2D eigenvalue weighted by Crippen LogP contribution is -1.99. The van der Waals surface area contributed by atoms with Crippen molar-refractivity contribution in [2.24, 2.45) is 0 Å². The number of pyridine rings is 1. The summed E-state index contributed by atoms with van der Waals surface area (Å²) in [5.41, 5.74) is 0.344. The van der Waals surface area contributed by atoms with Gasteiger partial charge in [-0.3, -0.25) is 4.98 Å². The molecule has 0 radical (unpaired) electrons. The van der Waals surface area contributed by atoms with Gasteiger partial charge < -0.3 is 9.84 Å². The van der Waals surface area contributed by atoms with E-state index < -0.39 is 13.2 Å². The van der Waals surface area contributed by atoms with Crippen molar-refractivity contribution >= 4 is 0 Å². The number of halogens is 1. The van der Waals surface area contributed by atoms with Crippen LogP contribution in [0.1, 0.15) is 11.2 Å². The molecule has 12 heavy (non-hydrogen) atoms. The third-order valence-corrected chi connectivity index (χ3v) is 1.17. The third-order valence-electron chi connectivity index (χ3n) is 1.17. The SMILES string of the molecule is [2H]C([2H])(F)C([2H])([2H])Oc1ccc(CO)nc1. The maximum atomic E-state index is 12.8. The minimum Gasteiger partial charge on any atom is -0.489 e. The van der Waals surface area contributed by atoms with Crippen molar-refractivity contribution in [3.63, 3.8) is 0 Å². The second kappa shape index (κ2) is 4.66. The molecule has 0 aromatic carbocycles. The summed E-state index contributed by atoms with van der Waals surface area (Å²) in [6, 6.07) is 2.63. The first-order valence-corrected chi connectivity index (χ1v) is 3.20. The van der Waals surface area contributed by atoms with Gasteiger partial charge in [-0.05, 0) is 12.1 Å². The van der Waals surface area contributed by atoms with Crippen LogP contribution in [0.4, 0.5) is 4.39 Å². The Labute approximate surface area is 75.4 Å². The van der Waals surface area contributed by atoms with Gasteiger partial charge in [-0.2, -0.15) is 0 Å². The van der Waals surface area contributed by atoms with E-state index in [0.717, 1.165) is 6.20 Å². The number of alkyl halides is 1. The van der Waals surface area contributed by atoms with E-state index in [-0.39, 0.29) is 12.4 Å². The van der Waals surface area contributed by atoms with E-state index in [2.05, 4.69) is 9.72 Å². The zero-order valence-corrected chi connectivity index (χ0v) is 6.12. The van der Waals surface area contributed by atoms with E-state index in [4.69, 9.17) is 10.6 Å². The fourth-order valence-corrected chi connectivity index (χ4v) is 0.643. The van der Waals surface area contributed by atoms with Crippen LogP contribution in [0.2, 0.25) is 0 Å². The minimum absolute atomic E-state index is 0.122. The summed E-state index contributed by atoms with van der Waals surface area (Å²) < 4.78 is 44.5. The largest absolute Gasteiger partial charge is 0.489 e. The number of ether oxygens (including phenoxy) is 1. The van der Waals surface area contributed by atoms with Crippen molar-refractivity contribution < 1.29 is 19.7 Å². The topological polar surface area (TPSA) is 42.4 Å². The molecule has 1 aromatic heterocycles. The molecular formula is C8H10FNO2. The molecule has 66 valence electrons. The van der Waals surface area contributed by atoms with Gasteiger partial charge in [0.25, 0.3) is 0 Å². The van der Waals surface area contributed by atoms with Crippen LogP contribution in [0.15, 0.2) is 18.3 Å². The van der Waals surface area contributed by atoms with Gasteiger partial charge in [0.2, 0.25) is 0 Å². The molecular weight excluding hydrogens is 161 g/mol. The monoisotopic (exact) mass is 175 g/mol. The van der Waals surface area contributed by atoms with Gasteiger partial charge in [0.15, 0.2) is 0 Å². The average Bonchev–Trinajstić information content (AvgIpc) is 2.16. The quantitative estimate of drug-likeness (QED) is 0.740. The Morgan fingerprint density at radius 2 is 2.50 bits per heavy atom. The Hall–Kier alpha value is -1.16. The molecule has 1 N–H and O–H groups in total. The van der Waals surface area contributed by atoms with E-state index in [1.807, 2.05) is 0 Å². The first kappa shape index (κ1) is 4.77. The normalized spacial score (nSPS) is 17.2. The molecule has 3 nitrogen and oxygen atoms in total. The Bertz CT molecular complexity index is 352. The van der Waals surface area contributed by atoms with Gasteiger partial charge in [0.05, 0.1) is 24.0 Å². The van der Waals surface area contributed by atoms with Crippen LogP contribution in [0.5, 0.6) is 5.75 Å². The van der Waals surface area contributed by atoms with Crippen molar-refractivity contribution in [3.8, 4) is 5.75 Å². The highest BCUT2D eigenvalue weighted by Crippen LogP contribution is 2.08. The first-order chi connectivity index (χ1) is 7.26. The number of aromatic nitrogens is 1. The highest BCUT2D eigenvalue weighted by atomic mass is 19.1. The summed E-state index contributed by atoms with van der Waals surface area (Å²) in [4.78, 5) is 3.68. The van der Waals surface area contributed by atoms with E-state index in [9.17, 15) is 4.39 Å². The number of hydrogen-bond donors (Lipinski definition) is 1. The second-order valence-corrected chi connectivity index (χ2v) is 1.94. The maximum absolute atomic E-state index is 12.8. The molecule has 0 saturated carbocycles. The van der Waals surface area contributed by atoms with Gasteiger partial charge in [0, 0.05) is 0 Å². The van der Waals surface area contributed by atoms with Crippen LogP contribution in [-0.2, 0) is 6.61 Å². The van der Waals surface area contributed by atoms with E-state index in [1.165, 1.54) is 12.1 Å². The van der Waals surface area contributed by atoms with Gasteiger partial charge >= 0.3 is 0 Å². The summed E-state index contributed by atoms with van der Waals surface area (Å²) in [7, 11) is 0. The summed E-state index contributed by atoms with van der Waals surface area (Å²) in [6.45, 7) is -7.00. The highest BCUT2D eigenvalue weighted by molar-refractivity contribution is 5.19. The predicted molar refractivity (Wildman–Crippen MR) is 41.6 cm³/mol. The fourth-order valence-electron chi connectivity index (χ4n) is 0.643. The van der Waals surface area contributed by atoms with Crippen molar-refractivity contribution in [1.29, 1.82) is 0 Å². The molecule has 0 saturated heterocycles. The molecule has 0 atom stereocenters. The van der Waals surface area contributed by atoms with Crippen LogP contribution in [0.25, 0.3) is 0 Å². The summed E-state index contributed by atoms with van der Waals surface area (Å²) in [5, 5.41) is 8.69. The molecule has 0 amide bonds. The van der Waals surface area contributed by atoms with Crippen LogP contribution < -0.4 is 4.74 Å². The summed E-state index contributed by atoms with van der Waals surface area (Å²) in [6.07, 6.45) is 1.08. The lowest BCUT2D eigenvalue weighted by atomic mass is 10.3. The lowest BCUT2D eigenvalue weighted by molar-refractivity contribution is 0.267. The molecule has 4 heteroatoms. The Morgan fingerprint density at radius 3 is 3.00 bits per heavy atom. The molecule has 1 aromatic rings. The number of aliphatic hydroxyl groups excluding tert-OH is 1. The molecule has 1 rings (SSSR count). The smallest absolute Gasteiger partial charge is 0.137 e. The predicted octanol–water partition coefficient (Wildman–Crippen LogP) is 0.922. The molecule has 1 heterocycles. The van der Waals surface area contributed by atoms with Gasteiger partial charge in [0.1, 0.15) is 18.9 Å². The zero-order valence-electron chi connectivity index (χ0n) is 10.1. The van der Waals surface area contributed by atoms with Crippen molar-refractivity contribution in [3.05, 3.63) is 24.0 Å². The third kappa shape index (κ3) is 2.47. The fraction of sp³-hybridized carbons (Fsp3) is 0.375. The first-order valence-electron chi connectivity index (χ1n) is 5.20. The van der Waals surface area contributed by atoms with Crippen LogP contribution in [-0.4, -0.2) is 23.3 Å². The van der Waals surface area contributed by atoms with Crippen LogP contribution >= 0.6 is 0 Å². The van der Waals surface area contributed by atoms with Crippen molar-refractivity contribution in [1.82, 2.24) is 4.98 Å². The highest BCUT2D eigenvalue weighted by Gasteiger charge is 1.94. The van der Waals surface area contributed by atoms with Gasteiger partial charge in [-0.15, -0.1) is 0 Å². The molecule has 0 bridgehead atoms. The molecule has 0 aliphatic rings. The number of hydrogen-bond acceptors (Lipinski definition) is 3. The Balaban J connectivity index is 2.80. The standard InChI is InChI=1S/C8H10FNO2/c9-3-4-12-8-2-1-7(6-11)10-5-8/h1-2,5,11H,3-4,6H2/i3D2,4D2. The van der Waals surface area contributed by atoms with Gasteiger partial charge in [-0.1, -0.05) is 0 Å². The van der Waals surface area contributed by atoms with Crippen molar-refractivity contribution in [2.45, 2.75) is 6.61 Å². The molecule has 0 unspecified atom stereocenters. The molecule has 0 fully saturated rings. The number of nitrogens with zero attached hydrogens (tertiary/aromatic N) is 1. The van der Waals surface area contributed by atoms with E-state index >= 15 is 0 Å². The van der Waals surface area contributed by atoms with Crippen LogP contribution in [0, 0.1) is 0 Å². The Kier molecular flexibility index (Phi) is 1.85. The summed E-state index contributed by atoms with van der Waals surface area (Å²) in [5.74, 6) is -0.122. The van der Waals surface area contributed by atoms with E-state index in [0.29, 0.717) is 5.69 Å². The van der Waals surface area contributed by atoms with E-state index in [1.54, 1.807) is 0 Å². The van der Waals surface area contributed by atoms with Crippen LogP contribution in [0.3, 0.4) is 0 Å². The lowest BCUT2D eigenvalue weighted by Gasteiger charge is -2.02. The average molecular weight is 175 g/mol. The molecule has 0 spiro atoms. The number of rotatable bonds is 4. The zero-order chi connectivity index (χ0) is 12.4. The van der Waals surface area contributed by atoms with Crippen molar-refractivity contribution in [2.75, 3.05) is 13.2 Å². The molecule has 0 aliphatic heterocycles. The summed E-state index contributed by atoms with van der Waals surface area (Å²) >= 11 is 0. The minimum atomic E-state index is -3.62. The second-order valence-electron chi connectivity index (χ2n) is 1.94. The number of aliphatic hydroxyl groups is 1. The maximum Gasteiger partial charge on any atom is 0.137 e. The van der Waals surface area contributed by atoms with Gasteiger partial charge in [-0.25, -0.2) is 4.39 Å². The Morgan fingerprint density at radius 1 is 1.67 bits per heavy atom. The molecule has 0 aliphatic carbocycles.